The normalized spacial score (nSPS) is 11.9. The minimum absolute atomic E-state index is 0.137. The van der Waals surface area contributed by atoms with Crippen LogP contribution < -0.4 is 0 Å². The number of aliphatic carboxylic acids is 1. The van der Waals surface area contributed by atoms with E-state index in [1.165, 1.54) is 0 Å². The van der Waals surface area contributed by atoms with Gasteiger partial charge in [-0.15, -0.1) is 0 Å². The number of thiophene rings is 1. The van der Waals surface area contributed by atoms with Gasteiger partial charge in [-0.2, -0.15) is 11.3 Å². The van der Waals surface area contributed by atoms with E-state index in [2.05, 4.69) is 0 Å². The maximum Gasteiger partial charge on any atom is 0.320 e. The lowest BCUT2D eigenvalue weighted by Crippen LogP contribution is -2.43. The topological polar surface area (TPSA) is 60.9 Å². The number of hydrogen-bond acceptors (Lipinski definition) is 3. The number of rotatable bonds is 6. The van der Waals surface area contributed by atoms with Crippen LogP contribution >= 0.6 is 11.3 Å². The molecule has 19 heavy (non-hydrogen) atoms. The monoisotopic (exact) mass is 284 g/mol. The van der Waals surface area contributed by atoms with Gasteiger partial charge in [0.25, 0.3) is 0 Å². The first-order chi connectivity index (χ1) is 8.95. The second-order valence-corrected chi connectivity index (χ2v) is 5.33. The van der Waals surface area contributed by atoms with Gasteiger partial charge in [-0.25, -0.2) is 4.79 Å². The molecule has 0 aliphatic heterocycles. The first kappa shape index (κ1) is 15.5. The third kappa shape index (κ3) is 4.55. The van der Waals surface area contributed by atoms with Crippen LogP contribution in [0.1, 0.15) is 19.4 Å². The van der Waals surface area contributed by atoms with Crippen LogP contribution in [-0.4, -0.2) is 47.0 Å². The molecule has 0 bridgehead atoms. The number of carboxylic acid groups (broad SMARTS) is 1. The molecule has 0 fully saturated rings. The van der Waals surface area contributed by atoms with Crippen molar-refractivity contribution >= 4 is 23.3 Å². The number of carboxylic acids is 1. The minimum Gasteiger partial charge on any atom is -0.481 e. The molecule has 1 unspecified atom stereocenters. The highest BCUT2D eigenvalue weighted by Gasteiger charge is 2.21. The zero-order valence-corrected chi connectivity index (χ0v) is 12.3. The number of amides is 2. The van der Waals surface area contributed by atoms with Crippen molar-refractivity contribution in [3.8, 4) is 0 Å². The highest BCUT2D eigenvalue weighted by atomic mass is 32.1. The summed E-state index contributed by atoms with van der Waals surface area (Å²) in [4.78, 5) is 26.2. The largest absolute Gasteiger partial charge is 0.481 e. The molecule has 0 saturated carbocycles. The predicted octanol–water partition coefficient (Wildman–Crippen LogP) is 2.34. The maximum atomic E-state index is 12.2. The molecule has 2 amide bonds. The SMILES string of the molecule is CCN(CC(C)C(=O)O)C(=O)N(C)Cc1ccsc1. The molecule has 1 aromatic rings. The first-order valence-corrected chi connectivity index (χ1v) is 7.13. The van der Waals surface area contributed by atoms with Gasteiger partial charge in [0, 0.05) is 26.7 Å². The molecule has 1 heterocycles. The van der Waals surface area contributed by atoms with Gasteiger partial charge in [0.05, 0.1) is 5.92 Å². The Labute approximate surface area is 117 Å². The van der Waals surface area contributed by atoms with Gasteiger partial charge in [-0.3, -0.25) is 4.79 Å². The molecule has 1 aromatic heterocycles. The lowest BCUT2D eigenvalue weighted by atomic mass is 10.2. The third-order valence-corrected chi connectivity index (χ3v) is 3.63. The van der Waals surface area contributed by atoms with E-state index in [1.807, 2.05) is 23.8 Å². The summed E-state index contributed by atoms with van der Waals surface area (Å²) in [6.45, 7) is 4.74. The molecule has 0 aliphatic carbocycles. The number of carbonyl (C=O) groups excluding carboxylic acids is 1. The molecule has 6 heteroatoms. The van der Waals surface area contributed by atoms with Crippen LogP contribution in [-0.2, 0) is 11.3 Å². The summed E-state index contributed by atoms with van der Waals surface area (Å²) < 4.78 is 0. The van der Waals surface area contributed by atoms with Gasteiger partial charge in [-0.1, -0.05) is 6.92 Å². The summed E-state index contributed by atoms with van der Waals surface area (Å²) in [7, 11) is 1.73. The van der Waals surface area contributed by atoms with Gasteiger partial charge in [0.15, 0.2) is 0 Å². The van der Waals surface area contributed by atoms with Crippen LogP contribution in [0.4, 0.5) is 4.79 Å². The Hall–Kier alpha value is -1.56. The summed E-state index contributed by atoms with van der Waals surface area (Å²) >= 11 is 1.59. The number of nitrogens with zero attached hydrogens (tertiary/aromatic N) is 2. The fraction of sp³-hybridized carbons (Fsp3) is 0.538. The highest BCUT2D eigenvalue weighted by Crippen LogP contribution is 2.11. The Morgan fingerprint density at radius 3 is 2.63 bits per heavy atom. The minimum atomic E-state index is -0.883. The van der Waals surface area contributed by atoms with Crippen LogP contribution in [0.3, 0.4) is 0 Å². The summed E-state index contributed by atoms with van der Waals surface area (Å²) in [6, 6.07) is 1.84. The van der Waals surface area contributed by atoms with E-state index < -0.39 is 11.9 Å². The zero-order chi connectivity index (χ0) is 14.4. The van der Waals surface area contributed by atoms with E-state index in [-0.39, 0.29) is 12.6 Å². The van der Waals surface area contributed by atoms with Crippen molar-refractivity contribution in [1.29, 1.82) is 0 Å². The van der Waals surface area contributed by atoms with Crippen LogP contribution in [0, 0.1) is 5.92 Å². The Bertz CT molecular complexity index is 420. The third-order valence-electron chi connectivity index (χ3n) is 2.89. The average molecular weight is 284 g/mol. The molecule has 0 radical (unpaired) electrons. The summed E-state index contributed by atoms with van der Waals surface area (Å²) in [6.07, 6.45) is 0. The van der Waals surface area contributed by atoms with E-state index in [1.54, 1.807) is 35.1 Å². The second kappa shape index (κ2) is 7.13. The maximum absolute atomic E-state index is 12.2. The Kier molecular flexibility index (Phi) is 5.82. The van der Waals surface area contributed by atoms with E-state index in [9.17, 15) is 9.59 Å². The van der Waals surface area contributed by atoms with Crippen molar-refractivity contribution in [2.45, 2.75) is 20.4 Å². The molecule has 5 nitrogen and oxygen atoms in total. The van der Waals surface area contributed by atoms with Crippen LogP contribution in [0.25, 0.3) is 0 Å². The quantitative estimate of drug-likeness (QED) is 0.872. The lowest BCUT2D eigenvalue weighted by molar-refractivity contribution is -0.141. The summed E-state index contributed by atoms with van der Waals surface area (Å²) in [5.74, 6) is -1.44. The van der Waals surface area contributed by atoms with Crippen LogP contribution in [0.15, 0.2) is 16.8 Å². The number of urea groups is 1. The Balaban J connectivity index is 2.59. The zero-order valence-electron chi connectivity index (χ0n) is 11.5. The summed E-state index contributed by atoms with van der Waals surface area (Å²) in [5, 5.41) is 12.9. The van der Waals surface area contributed by atoms with Gasteiger partial charge in [0.1, 0.15) is 0 Å². The molecule has 1 rings (SSSR count). The van der Waals surface area contributed by atoms with Crippen molar-refractivity contribution in [1.82, 2.24) is 9.80 Å². The van der Waals surface area contributed by atoms with Crippen LogP contribution in [0.2, 0.25) is 0 Å². The molecule has 0 aromatic carbocycles. The molecule has 0 aliphatic rings. The molecular formula is C13H20N2O3S. The molecule has 1 atom stereocenters. The van der Waals surface area contributed by atoms with Crippen molar-refractivity contribution in [2.24, 2.45) is 5.92 Å². The van der Waals surface area contributed by atoms with E-state index in [0.29, 0.717) is 13.1 Å². The second-order valence-electron chi connectivity index (χ2n) is 4.55. The lowest BCUT2D eigenvalue weighted by Gasteiger charge is -2.28. The smallest absolute Gasteiger partial charge is 0.320 e. The Morgan fingerprint density at radius 2 is 2.16 bits per heavy atom. The van der Waals surface area contributed by atoms with Crippen molar-refractivity contribution < 1.29 is 14.7 Å². The first-order valence-electron chi connectivity index (χ1n) is 6.19. The fourth-order valence-electron chi connectivity index (χ4n) is 1.72. The van der Waals surface area contributed by atoms with Crippen LogP contribution in [0.5, 0.6) is 0 Å². The number of carbonyl (C=O) groups is 2. The van der Waals surface area contributed by atoms with Gasteiger partial charge < -0.3 is 14.9 Å². The van der Waals surface area contributed by atoms with Crippen molar-refractivity contribution in [3.05, 3.63) is 22.4 Å². The fourth-order valence-corrected chi connectivity index (χ4v) is 2.38. The predicted molar refractivity (Wildman–Crippen MR) is 75.2 cm³/mol. The van der Waals surface area contributed by atoms with Crippen molar-refractivity contribution in [3.63, 3.8) is 0 Å². The van der Waals surface area contributed by atoms with E-state index in [4.69, 9.17) is 5.11 Å². The molecule has 1 N–H and O–H groups in total. The van der Waals surface area contributed by atoms with Crippen molar-refractivity contribution in [2.75, 3.05) is 20.1 Å². The van der Waals surface area contributed by atoms with E-state index >= 15 is 0 Å². The van der Waals surface area contributed by atoms with Gasteiger partial charge in [-0.05, 0) is 29.3 Å². The number of hydrogen-bond donors (Lipinski definition) is 1. The highest BCUT2D eigenvalue weighted by molar-refractivity contribution is 7.07. The molecular weight excluding hydrogens is 264 g/mol. The Morgan fingerprint density at radius 1 is 1.47 bits per heavy atom. The molecule has 106 valence electrons. The summed E-state index contributed by atoms with van der Waals surface area (Å²) in [5.41, 5.74) is 1.09. The van der Waals surface area contributed by atoms with Gasteiger partial charge >= 0.3 is 12.0 Å². The molecule has 0 saturated heterocycles. The van der Waals surface area contributed by atoms with Gasteiger partial charge in [0.2, 0.25) is 0 Å². The molecule has 0 spiro atoms. The average Bonchev–Trinajstić information content (AvgIpc) is 2.87. The standard InChI is InChI=1S/C13H20N2O3S/c1-4-15(7-10(2)12(16)17)13(18)14(3)8-11-5-6-19-9-11/h5-6,9-10H,4,7-8H2,1-3H3,(H,16,17). The van der Waals surface area contributed by atoms with E-state index in [0.717, 1.165) is 5.56 Å².